The molecule has 3 rings (SSSR count). The summed E-state index contributed by atoms with van der Waals surface area (Å²) in [4.78, 5) is 24.4. The fourth-order valence-electron chi connectivity index (χ4n) is 2.72. The lowest BCUT2D eigenvalue weighted by Gasteiger charge is -2.08. The van der Waals surface area contributed by atoms with Gasteiger partial charge in [-0.15, -0.1) is 0 Å². The maximum absolute atomic E-state index is 13.8. The number of hydrogen-bond donors (Lipinski definition) is 1. The van der Waals surface area contributed by atoms with Crippen molar-refractivity contribution in [2.75, 3.05) is 18.5 Å². The van der Waals surface area contributed by atoms with Gasteiger partial charge in [0.1, 0.15) is 11.4 Å². The van der Waals surface area contributed by atoms with E-state index in [1.54, 1.807) is 25.1 Å². The first-order valence-electron chi connectivity index (χ1n) is 8.81. The second-order valence-corrected chi connectivity index (χ2v) is 6.15. The van der Waals surface area contributed by atoms with E-state index in [-0.39, 0.29) is 18.1 Å². The number of para-hydroxylation sites is 1. The summed E-state index contributed by atoms with van der Waals surface area (Å²) in [6.07, 6.45) is 0. The van der Waals surface area contributed by atoms with Crippen molar-refractivity contribution in [3.63, 3.8) is 0 Å². The molecule has 0 saturated carbocycles. The van der Waals surface area contributed by atoms with Gasteiger partial charge in [-0.2, -0.15) is 0 Å². The number of rotatable bonds is 7. The van der Waals surface area contributed by atoms with Crippen LogP contribution in [-0.2, 0) is 20.9 Å². The minimum absolute atomic E-state index is 0.0102. The predicted molar refractivity (Wildman–Crippen MR) is 102 cm³/mol. The van der Waals surface area contributed by atoms with E-state index in [2.05, 4.69) is 5.32 Å². The monoisotopic (exact) mass is 385 g/mol. The summed E-state index contributed by atoms with van der Waals surface area (Å²) in [6.45, 7) is 3.66. The molecule has 2 aromatic carbocycles. The molecule has 1 amide bonds. The number of carbonyl (C=O) groups is 2. The van der Waals surface area contributed by atoms with Gasteiger partial charge in [0, 0.05) is 17.6 Å². The predicted octanol–water partition coefficient (Wildman–Crippen LogP) is 4.21. The summed E-state index contributed by atoms with van der Waals surface area (Å²) < 4.78 is 29.9. The van der Waals surface area contributed by atoms with Gasteiger partial charge in [0.05, 0.1) is 12.3 Å². The van der Waals surface area contributed by atoms with Gasteiger partial charge < -0.3 is 19.2 Å². The van der Waals surface area contributed by atoms with Crippen LogP contribution < -0.4 is 5.32 Å². The quantitative estimate of drug-likeness (QED) is 0.617. The third kappa shape index (κ3) is 4.37. The van der Waals surface area contributed by atoms with E-state index < -0.39 is 24.3 Å². The Morgan fingerprint density at radius 2 is 1.96 bits per heavy atom. The summed E-state index contributed by atoms with van der Waals surface area (Å²) in [7, 11) is 0. The lowest BCUT2D eigenvalue weighted by molar-refractivity contribution is -0.119. The number of nitrogens with one attached hydrogen (secondary N) is 1. The Kier molecular flexibility index (Phi) is 6.06. The zero-order valence-corrected chi connectivity index (χ0v) is 15.6. The number of amides is 1. The number of furan rings is 1. The SMILES string of the molecule is CCOCc1c(C(=O)OCC(=O)Nc2ccc(C)cc2F)oc2ccccc12. The number of hydrogen-bond acceptors (Lipinski definition) is 5. The highest BCUT2D eigenvalue weighted by molar-refractivity contribution is 5.98. The van der Waals surface area contributed by atoms with Crippen LogP contribution in [0.3, 0.4) is 0 Å². The number of halogens is 1. The standard InChI is InChI=1S/C21H20FNO5/c1-3-26-11-15-14-6-4-5-7-18(14)28-20(15)21(25)27-12-19(24)23-17-9-8-13(2)10-16(17)22/h4-10H,3,11-12H2,1-2H3,(H,23,24). The summed E-state index contributed by atoms with van der Waals surface area (Å²) in [6, 6.07) is 11.6. The van der Waals surface area contributed by atoms with Crippen LogP contribution in [0.25, 0.3) is 11.0 Å². The minimum atomic E-state index is -0.787. The third-order valence-corrected chi connectivity index (χ3v) is 4.07. The first-order valence-corrected chi connectivity index (χ1v) is 8.81. The van der Waals surface area contributed by atoms with Gasteiger partial charge in [-0.25, -0.2) is 9.18 Å². The Morgan fingerprint density at radius 3 is 2.71 bits per heavy atom. The Hall–Kier alpha value is -3.19. The van der Waals surface area contributed by atoms with E-state index in [0.29, 0.717) is 17.8 Å². The molecular formula is C21H20FNO5. The first kappa shape index (κ1) is 19.6. The van der Waals surface area contributed by atoms with Crippen molar-refractivity contribution in [2.45, 2.75) is 20.5 Å². The van der Waals surface area contributed by atoms with Crippen LogP contribution in [0.1, 0.15) is 28.6 Å². The fourth-order valence-corrected chi connectivity index (χ4v) is 2.72. The van der Waals surface area contributed by atoms with Crippen molar-refractivity contribution in [3.8, 4) is 0 Å². The van der Waals surface area contributed by atoms with Gasteiger partial charge in [0.2, 0.25) is 5.76 Å². The normalized spacial score (nSPS) is 10.8. The van der Waals surface area contributed by atoms with E-state index in [9.17, 15) is 14.0 Å². The molecule has 0 unspecified atom stereocenters. The Bertz CT molecular complexity index is 1010. The van der Waals surface area contributed by atoms with E-state index in [1.807, 2.05) is 19.1 Å². The third-order valence-electron chi connectivity index (χ3n) is 4.07. The molecule has 0 bridgehead atoms. The highest BCUT2D eigenvalue weighted by Gasteiger charge is 2.22. The van der Waals surface area contributed by atoms with Crippen LogP contribution in [0.2, 0.25) is 0 Å². The average Bonchev–Trinajstić information content (AvgIpc) is 3.05. The zero-order valence-electron chi connectivity index (χ0n) is 15.6. The number of esters is 1. The molecule has 0 aliphatic carbocycles. The summed E-state index contributed by atoms with van der Waals surface area (Å²) in [5.74, 6) is -2.01. The summed E-state index contributed by atoms with van der Waals surface area (Å²) in [5.41, 5.74) is 1.84. The summed E-state index contributed by atoms with van der Waals surface area (Å²) in [5, 5.41) is 3.12. The van der Waals surface area contributed by atoms with Gasteiger partial charge in [-0.05, 0) is 37.6 Å². The zero-order chi connectivity index (χ0) is 20.1. The lowest BCUT2D eigenvalue weighted by atomic mass is 10.1. The second-order valence-electron chi connectivity index (χ2n) is 6.15. The van der Waals surface area contributed by atoms with Crippen molar-refractivity contribution in [1.29, 1.82) is 0 Å². The Morgan fingerprint density at radius 1 is 1.18 bits per heavy atom. The molecule has 0 radical (unpaired) electrons. The van der Waals surface area contributed by atoms with Gasteiger partial charge >= 0.3 is 5.97 Å². The molecule has 1 N–H and O–H groups in total. The van der Waals surface area contributed by atoms with Crippen LogP contribution in [0, 0.1) is 12.7 Å². The van der Waals surface area contributed by atoms with Gasteiger partial charge in [0.25, 0.3) is 5.91 Å². The highest BCUT2D eigenvalue weighted by atomic mass is 19.1. The number of ether oxygens (including phenoxy) is 2. The lowest BCUT2D eigenvalue weighted by Crippen LogP contribution is -2.21. The largest absolute Gasteiger partial charge is 0.450 e. The van der Waals surface area contributed by atoms with Crippen LogP contribution in [0.4, 0.5) is 10.1 Å². The molecule has 6 nitrogen and oxygen atoms in total. The molecule has 0 saturated heterocycles. The molecular weight excluding hydrogens is 365 g/mol. The van der Waals surface area contributed by atoms with Gasteiger partial charge in [-0.3, -0.25) is 4.79 Å². The van der Waals surface area contributed by atoms with E-state index in [4.69, 9.17) is 13.9 Å². The molecule has 7 heteroatoms. The van der Waals surface area contributed by atoms with Crippen LogP contribution in [-0.4, -0.2) is 25.1 Å². The molecule has 0 fully saturated rings. The Balaban J connectivity index is 1.69. The van der Waals surface area contributed by atoms with E-state index >= 15 is 0 Å². The van der Waals surface area contributed by atoms with Crippen LogP contribution in [0.15, 0.2) is 46.9 Å². The van der Waals surface area contributed by atoms with E-state index in [1.165, 1.54) is 12.1 Å². The highest BCUT2D eigenvalue weighted by Crippen LogP contribution is 2.27. The first-order chi connectivity index (χ1) is 13.5. The van der Waals surface area contributed by atoms with Crippen LogP contribution in [0.5, 0.6) is 0 Å². The van der Waals surface area contributed by atoms with Crippen molar-refractivity contribution in [1.82, 2.24) is 0 Å². The fraction of sp³-hybridized carbons (Fsp3) is 0.238. The molecule has 3 aromatic rings. The number of benzene rings is 2. The smallest absolute Gasteiger partial charge is 0.375 e. The molecule has 1 aromatic heterocycles. The maximum atomic E-state index is 13.8. The van der Waals surface area contributed by atoms with Crippen molar-refractivity contribution in [3.05, 3.63) is 65.2 Å². The van der Waals surface area contributed by atoms with Gasteiger partial charge in [-0.1, -0.05) is 24.3 Å². The van der Waals surface area contributed by atoms with Crippen LogP contribution >= 0.6 is 0 Å². The average molecular weight is 385 g/mol. The van der Waals surface area contributed by atoms with Crippen molar-refractivity contribution in [2.24, 2.45) is 0 Å². The summed E-state index contributed by atoms with van der Waals surface area (Å²) >= 11 is 0. The Labute approximate surface area is 161 Å². The molecule has 1 heterocycles. The number of fused-ring (bicyclic) bond motifs is 1. The maximum Gasteiger partial charge on any atom is 0.375 e. The molecule has 0 spiro atoms. The molecule has 0 atom stereocenters. The molecule has 0 aliphatic rings. The second kappa shape index (κ2) is 8.67. The topological polar surface area (TPSA) is 77.8 Å². The van der Waals surface area contributed by atoms with Crippen molar-refractivity contribution < 1.29 is 27.9 Å². The number of anilines is 1. The van der Waals surface area contributed by atoms with Gasteiger partial charge in [0.15, 0.2) is 6.61 Å². The van der Waals surface area contributed by atoms with E-state index in [0.717, 1.165) is 10.9 Å². The molecule has 28 heavy (non-hydrogen) atoms. The number of aryl methyl sites for hydroxylation is 1. The molecule has 0 aliphatic heterocycles. The molecule has 146 valence electrons. The van der Waals surface area contributed by atoms with Crippen molar-refractivity contribution >= 4 is 28.5 Å². The number of carbonyl (C=O) groups excluding carboxylic acids is 2. The minimum Gasteiger partial charge on any atom is -0.450 e.